The Hall–Kier alpha value is -6.44. The Morgan fingerprint density at radius 3 is 1.57 bits per heavy atom. The van der Waals surface area contributed by atoms with Crippen LogP contribution in [0.2, 0.25) is 0 Å². The van der Waals surface area contributed by atoms with Gasteiger partial charge < -0.3 is 4.90 Å². The van der Waals surface area contributed by atoms with Gasteiger partial charge in [0.1, 0.15) is 0 Å². The quantitative estimate of drug-likeness (QED) is 0.168. The van der Waals surface area contributed by atoms with Crippen molar-refractivity contribution in [2.24, 2.45) is 0 Å². The normalized spacial score (nSPS) is 14.8. The van der Waals surface area contributed by atoms with E-state index >= 15 is 0 Å². The molecule has 51 heavy (non-hydrogen) atoms. The highest BCUT2D eigenvalue weighted by Crippen LogP contribution is 2.56. The molecule has 0 aromatic heterocycles. The topological polar surface area (TPSA) is 3.24 Å². The van der Waals surface area contributed by atoms with Gasteiger partial charge in [0.15, 0.2) is 0 Å². The van der Waals surface area contributed by atoms with Gasteiger partial charge in [-0.3, -0.25) is 0 Å². The third-order valence-electron chi connectivity index (χ3n) is 11.1. The van der Waals surface area contributed by atoms with Gasteiger partial charge in [-0.2, -0.15) is 0 Å². The van der Waals surface area contributed by atoms with Crippen LogP contribution in [0.5, 0.6) is 0 Å². The summed E-state index contributed by atoms with van der Waals surface area (Å²) in [6.07, 6.45) is 0. The Kier molecular flexibility index (Phi) is 6.69. The summed E-state index contributed by atoms with van der Waals surface area (Å²) in [5, 5.41) is 7.66. The van der Waals surface area contributed by atoms with E-state index in [0.717, 1.165) is 11.4 Å². The highest BCUT2D eigenvalue weighted by atomic mass is 15.1. The van der Waals surface area contributed by atoms with Crippen LogP contribution in [0.3, 0.4) is 0 Å². The predicted octanol–water partition coefficient (Wildman–Crippen LogP) is 13.6. The van der Waals surface area contributed by atoms with Gasteiger partial charge in [-0.1, -0.05) is 164 Å². The highest BCUT2D eigenvalue weighted by Gasteiger charge is 2.42. The minimum atomic E-state index is -0.287. The lowest BCUT2D eigenvalue weighted by atomic mass is 9.74. The fourth-order valence-corrected chi connectivity index (χ4v) is 8.69. The van der Waals surface area contributed by atoms with Crippen LogP contribution in [0.25, 0.3) is 54.6 Å². The van der Waals surface area contributed by atoms with E-state index in [1.54, 1.807) is 0 Å². The average Bonchev–Trinajstić information content (AvgIpc) is 3.48. The van der Waals surface area contributed by atoms with Crippen LogP contribution >= 0.6 is 0 Å². The minimum Gasteiger partial charge on any atom is -0.310 e. The molecular weight excluding hydrogens is 615 g/mol. The van der Waals surface area contributed by atoms with E-state index in [1.165, 1.54) is 76.9 Å². The van der Waals surface area contributed by atoms with Gasteiger partial charge in [0.2, 0.25) is 0 Å². The molecule has 1 aliphatic carbocycles. The fourth-order valence-electron chi connectivity index (χ4n) is 8.69. The number of benzene rings is 9. The summed E-state index contributed by atoms with van der Waals surface area (Å²) in [5.41, 5.74) is 12.1. The summed E-state index contributed by atoms with van der Waals surface area (Å²) >= 11 is 0. The minimum absolute atomic E-state index is 0.287. The molecule has 9 aromatic rings. The fraction of sp³-hybridized carbons (Fsp3) is 0.0400. The summed E-state index contributed by atoms with van der Waals surface area (Å²) in [6.45, 7) is 2.39. The Labute approximate surface area is 298 Å². The van der Waals surface area contributed by atoms with Crippen LogP contribution in [0.4, 0.5) is 17.1 Å². The SMILES string of the molecule is CC1(c2ccccc2)c2ccccc2-c2c(N(c3ccc(-c4ccccc4)cc3)c3ccc4c5ccccc5c5ccccc5c4c3)cccc21. The third-order valence-corrected chi connectivity index (χ3v) is 11.1. The summed E-state index contributed by atoms with van der Waals surface area (Å²) in [5.74, 6) is 0. The molecule has 0 heterocycles. The van der Waals surface area contributed by atoms with Crippen molar-refractivity contribution in [1.29, 1.82) is 0 Å². The first-order valence-electron chi connectivity index (χ1n) is 17.8. The molecule has 0 fully saturated rings. The van der Waals surface area contributed by atoms with Crippen molar-refractivity contribution < 1.29 is 0 Å². The maximum Gasteiger partial charge on any atom is 0.0543 e. The van der Waals surface area contributed by atoms with Crippen LogP contribution < -0.4 is 4.90 Å². The largest absolute Gasteiger partial charge is 0.310 e. The lowest BCUT2D eigenvalue weighted by Crippen LogP contribution is -2.22. The first kappa shape index (κ1) is 29.5. The first-order chi connectivity index (χ1) is 25.2. The lowest BCUT2D eigenvalue weighted by molar-refractivity contribution is 0.714. The Morgan fingerprint density at radius 2 is 0.882 bits per heavy atom. The number of anilines is 3. The van der Waals surface area contributed by atoms with Crippen molar-refractivity contribution in [2.75, 3.05) is 4.90 Å². The molecule has 10 rings (SSSR count). The van der Waals surface area contributed by atoms with Crippen molar-refractivity contribution in [3.63, 3.8) is 0 Å². The first-order valence-corrected chi connectivity index (χ1v) is 17.8. The van der Waals surface area contributed by atoms with E-state index < -0.39 is 0 Å². The number of nitrogens with zero attached hydrogens (tertiary/aromatic N) is 1. The van der Waals surface area contributed by atoms with Gasteiger partial charge in [0, 0.05) is 22.4 Å². The van der Waals surface area contributed by atoms with Gasteiger partial charge in [0.05, 0.1) is 5.69 Å². The van der Waals surface area contributed by atoms with Gasteiger partial charge >= 0.3 is 0 Å². The van der Waals surface area contributed by atoms with Gasteiger partial charge in [-0.25, -0.2) is 0 Å². The van der Waals surface area contributed by atoms with Crippen LogP contribution in [-0.4, -0.2) is 0 Å². The van der Waals surface area contributed by atoms with Crippen molar-refractivity contribution >= 4 is 49.4 Å². The molecule has 0 saturated heterocycles. The molecule has 9 aromatic carbocycles. The number of hydrogen-bond donors (Lipinski definition) is 0. The molecule has 0 N–H and O–H groups in total. The molecule has 240 valence electrons. The summed E-state index contributed by atoms with van der Waals surface area (Å²) in [4.78, 5) is 2.48. The summed E-state index contributed by atoms with van der Waals surface area (Å²) in [7, 11) is 0. The highest BCUT2D eigenvalue weighted by molar-refractivity contribution is 6.25. The van der Waals surface area contributed by atoms with Crippen molar-refractivity contribution in [1.82, 2.24) is 0 Å². The summed E-state index contributed by atoms with van der Waals surface area (Å²) < 4.78 is 0. The van der Waals surface area contributed by atoms with Crippen LogP contribution in [0.15, 0.2) is 194 Å². The smallest absolute Gasteiger partial charge is 0.0543 e. The molecule has 1 heteroatoms. The van der Waals surface area contributed by atoms with Crippen LogP contribution in [-0.2, 0) is 5.41 Å². The van der Waals surface area contributed by atoms with E-state index in [1.807, 2.05) is 0 Å². The Balaban J connectivity index is 1.25. The molecule has 1 atom stereocenters. The molecule has 0 saturated carbocycles. The molecule has 0 spiro atoms. The zero-order valence-electron chi connectivity index (χ0n) is 28.4. The molecule has 1 aliphatic rings. The van der Waals surface area contributed by atoms with E-state index in [0.29, 0.717) is 0 Å². The second-order valence-corrected chi connectivity index (χ2v) is 13.8. The second-order valence-electron chi connectivity index (χ2n) is 13.8. The number of rotatable bonds is 5. The monoisotopic (exact) mass is 649 g/mol. The standard InChI is InChI=1S/C50H35N/c1-50(36-17-6-3-7-18-36)46-24-13-12-23-44(46)49-47(50)25-14-26-48(49)51(37-29-27-35(28-30-37)34-15-4-2-5-16-34)38-31-32-43-41-21-9-8-19-39(41)40-20-10-11-22-42(40)45(43)33-38/h2-33H,1H3. The van der Waals surface area contributed by atoms with E-state index in [2.05, 4.69) is 206 Å². The number of fused-ring (bicyclic) bond motifs is 9. The predicted molar refractivity (Wildman–Crippen MR) is 217 cm³/mol. The van der Waals surface area contributed by atoms with Crippen molar-refractivity contribution in [2.45, 2.75) is 12.3 Å². The maximum absolute atomic E-state index is 2.48. The molecule has 0 aliphatic heterocycles. The maximum atomic E-state index is 2.48. The zero-order chi connectivity index (χ0) is 33.9. The molecule has 0 radical (unpaired) electrons. The molecule has 0 amide bonds. The summed E-state index contributed by atoms with van der Waals surface area (Å²) in [6, 6.07) is 71.3. The third kappa shape index (κ3) is 4.48. The van der Waals surface area contributed by atoms with E-state index in [9.17, 15) is 0 Å². The van der Waals surface area contributed by atoms with E-state index in [-0.39, 0.29) is 5.41 Å². The van der Waals surface area contributed by atoms with Gasteiger partial charge in [-0.05, 0) is 103 Å². The Morgan fingerprint density at radius 1 is 0.373 bits per heavy atom. The second kappa shape index (κ2) is 11.6. The van der Waals surface area contributed by atoms with E-state index in [4.69, 9.17) is 0 Å². The van der Waals surface area contributed by atoms with Crippen molar-refractivity contribution in [3.8, 4) is 22.3 Å². The number of hydrogen-bond acceptors (Lipinski definition) is 1. The molecule has 0 bridgehead atoms. The van der Waals surface area contributed by atoms with Gasteiger partial charge in [-0.15, -0.1) is 0 Å². The Bertz CT molecular complexity index is 2710. The average molecular weight is 650 g/mol. The molecular formula is C50H35N. The van der Waals surface area contributed by atoms with Crippen molar-refractivity contribution in [3.05, 3.63) is 211 Å². The molecule has 1 nitrogen and oxygen atoms in total. The van der Waals surface area contributed by atoms with Crippen LogP contribution in [0.1, 0.15) is 23.6 Å². The molecule has 1 unspecified atom stereocenters. The lowest BCUT2D eigenvalue weighted by Gasteiger charge is -2.31. The van der Waals surface area contributed by atoms with Gasteiger partial charge in [0.25, 0.3) is 0 Å². The van der Waals surface area contributed by atoms with Crippen LogP contribution in [0, 0.1) is 0 Å². The zero-order valence-corrected chi connectivity index (χ0v) is 28.4.